The van der Waals surface area contributed by atoms with Crippen molar-refractivity contribution < 1.29 is 18.7 Å². The Morgan fingerprint density at radius 2 is 1.81 bits per heavy atom. The van der Waals surface area contributed by atoms with Crippen LogP contribution in [-0.2, 0) is 4.74 Å². The number of rotatable bonds is 6. The standard InChI is InChI=1S/C31H30FNO3/c1-19-12-13-21(16-27(19)31(34)35-3)28-17-22(36-30-11-7-6-10-26(28)30)18-33-20(2)23-14-15-29(32)25-9-5-4-8-24(23)25/h4-16,20,22,28,33H,17-18H2,1-3H3/t20-,22-,28+/m1/s1. The normalized spacial score (nSPS) is 17.8. The molecule has 4 aromatic rings. The van der Waals surface area contributed by atoms with Crippen LogP contribution in [0.5, 0.6) is 5.75 Å². The number of benzene rings is 4. The van der Waals surface area contributed by atoms with Crippen LogP contribution in [0.4, 0.5) is 4.39 Å². The maximum Gasteiger partial charge on any atom is 0.338 e. The lowest BCUT2D eigenvalue weighted by atomic mass is 9.83. The van der Waals surface area contributed by atoms with E-state index in [1.165, 1.54) is 13.2 Å². The number of para-hydroxylation sites is 1. The van der Waals surface area contributed by atoms with Gasteiger partial charge in [0.25, 0.3) is 0 Å². The summed E-state index contributed by atoms with van der Waals surface area (Å²) in [6.45, 7) is 4.64. The molecule has 0 aromatic heterocycles. The van der Waals surface area contributed by atoms with Crippen molar-refractivity contribution in [3.63, 3.8) is 0 Å². The van der Waals surface area contributed by atoms with Crippen molar-refractivity contribution in [1.29, 1.82) is 0 Å². The maximum atomic E-state index is 14.3. The van der Waals surface area contributed by atoms with Gasteiger partial charge in [0.15, 0.2) is 0 Å². The summed E-state index contributed by atoms with van der Waals surface area (Å²) in [7, 11) is 1.41. The molecule has 0 fully saturated rings. The van der Waals surface area contributed by atoms with E-state index in [9.17, 15) is 9.18 Å². The van der Waals surface area contributed by atoms with E-state index in [1.807, 2.05) is 67.6 Å². The fourth-order valence-corrected chi connectivity index (χ4v) is 5.20. The quantitative estimate of drug-likeness (QED) is 0.310. The molecule has 184 valence electrons. The predicted octanol–water partition coefficient (Wildman–Crippen LogP) is 6.71. The molecule has 0 saturated carbocycles. The minimum Gasteiger partial charge on any atom is -0.489 e. The van der Waals surface area contributed by atoms with Crippen LogP contribution in [-0.4, -0.2) is 25.7 Å². The zero-order valence-electron chi connectivity index (χ0n) is 20.8. The summed E-state index contributed by atoms with van der Waals surface area (Å²) >= 11 is 0. The average molecular weight is 484 g/mol. The number of methoxy groups -OCH3 is 1. The number of carbonyl (C=O) groups excluding carboxylic acids is 1. The van der Waals surface area contributed by atoms with Crippen LogP contribution in [0.25, 0.3) is 10.8 Å². The van der Waals surface area contributed by atoms with Gasteiger partial charge in [-0.2, -0.15) is 0 Å². The highest BCUT2D eigenvalue weighted by molar-refractivity contribution is 5.91. The third-order valence-electron chi connectivity index (χ3n) is 7.18. The van der Waals surface area contributed by atoms with Crippen molar-refractivity contribution in [2.75, 3.05) is 13.7 Å². The summed E-state index contributed by atoms with van der Waals surface area (Å²) in [5, 5.41) is 5.16. The Morgan fingerprint density at radius 3 is 2.61 bits per heavy atom. The third-order valence-corrected chi connectivity index (χ3v) is 7.18. The smallest absolute Gasteiger partial charge is 0.338 e. The molecule has 0 amide bonds. The van der Waals surface area contributed by atoms with E-state index < -0.39 is 0 Å². The van der Waals surface area contributed by atoms with Gasteiger partial charge in [-0.05, 0) is 60.5 Å². The second kappa shape index (κ2) is 10.1. The molecule has 5 heteroatoms. The van der Waals surface area contributed by atoms with Crippen molar-refractivity contribution in [2.24, 2.45) is 0 Å². The van der Waals surface area contributed by atoms with E-state index >= 15 is 0 Å². The Bertz CT molecular complexity index is 1420. The molecule has 1 aliphatic rings. The molecule has 3 atom stereocenters. The predicted molar refractivity (Wildman–Crippen MR) is 140 cm³/mol. The molecule has 4 aromatic carbocycles. The Hall–Kier alpha value is -3.70. The molecule has 1 N–H and O–H groups in total. The summed E-state index contributed by atoms with van der Waals surface area (Å²) in [6.07, 6.45) is 0.701. The molecule has 4 nitrogen and oxygen atoms in total. The van der Waals surface area contributed by atoms with Crippen molar-refractivity contribution in [1.82, 2.24) is 5.32 Å². The van der Waals surface area contributed by atoms with Crippen molar-refractivity contribution in [3.05, 3.63) is 112 Å². The number of aryl methyl sites for hydroxylation is 1. The topological polar surface area (TPSA) is 47.6 Å². The van der Waals surface area contributed by atoms with E-state index in [1.54, 1.807) is 0 Å². The van der Waals surface area contributed by atoms with Gasteiger partial charge in [0.1, 0.15) is 17.7 Å². The van der Waals surface area contributed by atoms with Gasteiger partial charge in [0.2, 0.25) is 0 Å². The molecule has 5 rings (SSSR count). The number of carbonyl (C=O) groups is 1. The van der Waals surface area contributed by atoms with Gasteiger partial charge in [-0.1, -0.05) is 60.7 Å². The highest BCUT2D eigenvalue weighted by atomic mass is 19.1. The molecule has 0 unspecified atom stereocenters. The van der Waals surface area contributed by atoms with Gasteiger partial charge >= 0.3 is 5.97 Å². The van der Waals surface area contributed by atoms with E-state index in [2.05, 4.69) is 24.4 Å². The second-order valence-electron chi connectivity index (χ2n) is 9.44. The van der Waals surface area contributed by atoms with Crippen molar-refractivity contribution in [2.45, 2.75) is 38.3 Å². The van der Waals surface area contributed by atoms with Crippen LogP contribution in [0.2, 0.25) is 0 Å². The van der Waals surface area contributed by atoms with Gasteiger partial charge in [0, 0.05) is 29.5 Å². The molecule has 0 radical (unpaired) electrons. The summed E-state index contributed by atoms with van der Waals surface area (Å²) in [5.74, 6) is 0.419. The number of fused-ring (bicyclic) bond motifs is 2. The van der Waals surface area contributed by atoms with Crippen molar-refractivity contribution in [3.8, 4) is 5.75 Å². The zero-order chi connectivity index (χ0) is 25.2. The van der Waals surface area contributed by atoms with Gasteiger partial charge < -0.3 is 14.8 Å². The van der Waals surface area contributed by atoms with Gasteiger partial charge in [-0.3, -0.25) is 0 Å². The molecule has 0 bridgehead atoms. The van der Waals surface area contributed by atoms with Crippen molar-refractivity contribution >= 4 is 16.7 Å². The highest BCUT2D eigenvalue weighted by Crippen LogP contribution is 2.41. The minimum atomic E-state index is -0.326. The van der Waals surface area contributed by atoms with E-state index in [0.29, 0.717) is 17.5 Å². The van der Waals surface area contributed by atoms with Gasteiger partial charge in [-0.25, -0.2) is 9.18 Å². The lowest BCUT2D eigenvalue weighted by Crippen LogP contribution is -2.37. The molecule has 1 heterocycles. The Labute approximate surface area is 211 Å². The third kappa shape index (κ3) is 4.59. The average Bonchev–Trinajstić information content (AvgIpc) is 2.91. The molecular weight excluding hydrogens is 453 g/mol. The summed E-state index contributed by atoms with van der Waals surface area (Å²) in [5.41, 5.74) is 4.72. The number of halogens is 1. The first-order valence-corrected chi connectivity index (χ1v) is 12.3. The first kappa shape index (κ1) is 24.0. The van der Waals surface area contributed by atoms with Crippen LogP contribution in [0, 0.1) is 12.7 Å². The molecule has 36 heavy (non-hydrogen) atoms. The fraction of sp³-hybridized carbons (Fsp3) is 0.258. The lowest BCUT2D eigenvalue weighted by Gasteiger charge is -2.33. The summed E-state index contributed by atoms with van der Waals surface area (Å²) in [4.78, 5) is 12.3. The second-order valence-corrected chi connectivity index (χ2v) is 9.44. The highest BCUT2D eigenvalue weighted by Gasteiger charge is 2.30. The molecule has 0 spiro atoms. The minimum absolute atomic E-state index is 0.0139. The fourth-order valence-electron chi connectivity index (χ4n) is 5.20. The number of ether oxygens (including phenoxy) is 2. The first-order chi connectivity index (χ1) is 17.5. The SMILES string of the molecule is COC(=O)c1cc([C@@H]2C[C@H](CN[C@H](C)c3ccc(F)c4ccccc34)Oc3ccccc32)ccc1C. The van der Waals surface area contributed by atoms with Crippen LogP contribution >= 0.6 is 0 Å². The van der Waals surface area contributed by atoms with Gasteiger partial charge in [0.05, 0.1) is 12.7 Å². The monoisotopic (exact) mass is 483 g/mol. The van der Waals surface area contributed by atoms with Gasteiger partial charge in [-0.15, -0.1) is 0 Å². The number of esters is 1. The van der Waals surface area contributed by atoms with Crippen LogP contribution < -0.4 is 10.1 Å². The number of hydrogen-bond acceptors (Lipinski definition) is 4. The largest absolute Gasteiger partial charge is 0.489 e. The molecule has 0 aliphatic carbocycles. The molecular formula is C31H30FNO3. The Kier molecular flexibility index (Phi) is 6.75. The lowest BCUT2D eigenvalue weighted by molar-refractivity contribution is 0.0599. The van der Waals surface area contributed by atoms with Crippen LogP contribution in [0.15, 0.2) is 78.9 Å². The maximum absolute atomic E-state index is 14.3. The Morgan fingerprint density at radius 1 is 1.06 bits per heavy atom. The van der Waals surface area contributed by atoms with Crippen LogP contribution in [0.3, 0.4) is 0 Å². The summed E-state index contributed by atoms with van der Waals surface area (Å²) < 4.78 is 25.7. The van der Waals surface area contributed by atoms with E-state index in [-0.39, 0.29) is 29.9 Å². The van der Waals surface area contributed by atoms with E-state index in [4.69, 9.17) is 9.47 Å². The number of nitrogens with one attached hydrogen (secondary N) is 1. The molecule has 0 saturated heterocycles. The molecule has 1 aliphatic heterocycles. The zero-order valence-corrected chi connectivity index (χ0v) is 20.8. The van der Waals surface area contributed by atoms with E-state index in [0.717, 1.165) is 39.8 Å². The summed E-state index contributed by atoms with van der Waals surface area (Å²) in [6, 6.07) is 25.1. The first-order valence-electron chi connectivity index (χ1n) is 12.3. The number of hydrogen-bond donors (Lipinski definition) is 1. The Balaban J connectivity index is 1.39. The van der Waals surface area contributed by atoms with Crippen LogP contribution in [0.1, 0.15) is 57.9 Å².